The van der Waals surface area contributed by atoms with Crippen LogP contribution in [0.15, 0.2) is 91.3 Å². The largest absolute Gasteiger partial charge is 0.497 e. The number of ether oxygens (including phenoxy) is 3. The minimum absolute atomic E-state index is 0.0559. The van der Waals surface area contributed by atoms with E-state index in [2.05, 4.69) is 10.3 Å². The molecule has 4 heterocycles. The molecule has 50 heavy (non-hydrogen) atoms. The Hall–Kier alpha value is -4.46. The number of fused-ring (bicyclic) bond motifs is 2. The molecule has 0 spiro atoms. The zero-order valence-electron chi connectivity index (χ0n) is 27.8. The first kappa shape index (κ1) is 34.0. The van der Waals surface area contributed by atoms with Crippen molar-refractivity contribution in [3.8, 4) is 11.6 Å². The Balaban J connectivity index is 1.39. The summed E-state index contributed by atoms with van der Waals surface area (Å²) in [5.41, 5.74) is -0.835. The van der Waals surface area contributed by atoms with E-state index in [0.29, 0.717) is 5.75 Å². The van der Waals surface area contributed by atoms with Crippen LogP contribution in [0.5, 0.6) is 11.6 Å². The Morgan fingerprint density at radius 1 is 0.960 bits per heavy atom. The van der Waals surface area contributed by atoms with Gasteiger partial charge in [0, 0.05) is 0 Å². The molecule has 12 nitrogen and oxygen atoms in total. The number of benzene rings is 3. The van der Waals surface area contributed by atoms with Gasteiger partial charge in [0.15, 0.2) is 29.2 Å². The number of phosphoric ester groups is 1. The number of nitrogens with zero attached hydrogens (tertiary/aromatic N) is 4. The molecule has 0 amide bonds. The van der Waals surface area contributed by atoms with Crippen LogP contribution in [-0.2, 0) is 28.4 Å². The van der Waals surface area contributed by atoms with E-state index in [1.807, 2.05) is 84.9 Å². The number of methoxy groups -OCH3 is 1. The molecule has 0 bridgehead atoms. The Morgan fingerprint density at radius 3 is 2.20 bits per heavy atom. The lowest BCUT2D eigenvalue weighted by Gasteiger charge is -2.37. The van der Waals surface area contributed by atoms with Gasteiger partial charge in [-0.2, -0.15) is 9.97 Å². The van der Waals surface area contributed by atoms with Crippen LogP contribution >= 0.6 is 7.82 Å². The van der Waals surface area contributed by atoms with Crippen molar-refractivity contribution in [1.82, 2.24) is 19.5 Å². The first-order valence-corrected chi connectivity index (χ1v) is 17.6. The molecule has 262 valence electrons. The summed E-state index contributed by atoms with van der Waals surface area (Å²) < 4.78 is 79.8. The SMILES string of the molecule is CCOc1nc(NC(c2ccccc2)(c2ccccc2)c2ccc(OC)cc2)nc2c1ncn2[C@@H]1O[C@]2(F)COP(=O)(OCC)O[C@H]2[C@@]1(C)F. The molecule has 2 fully saturated rings. The number of hydrogen-bond donors (Lipinski definition) is 1. The molecule has 7 rings (SSSR count). The van der Waals surface area contributed by atoms with Crippen molar-refractivity contribution in [1.29, 1.82) is 0 Å². The summed E-state index contributed by atoms with van der Waals surface area (Å²) in [6.07, 6.45) is -2.36. The average Bonchev–Trinajstić information content (AvgIpc) is 3.63. The second-order valence-electron chi connectivity index (χ2n) is 12.0. The van der Waals surface area contributed by atoms with Gasteiger partial charge in [-0.25, -0.2) is 18.3 Å². The topological polar surface area (TPSA) is 128 Å². The average molecular weight is 708 g/mol. The Bertz CT molecular complexity index is 1980. The van der Waals surface area contributed by atoms with Gasteiger partial charge < -0.3 is 19.5 Å². The molecule has 2 aliphatic rings. The van der Waals surface area contributed by atoms with Crippen LogP contribution in [-0.4, -0.2) is 64.1 Å². The predicted octanol–water partition coefficient (Wildman–Crippen LogP) is 7.12. The van der Waals surface area contributed by atoms with Crippen molar-refractivity contribution in [3.63, 3.8) is 0 Å². The quantitative estimate of drug-likeness (QED) is 0.111. The summed E-state index contributed by atoms with van der Waals surface area (Å²) >= 11 is 0. The molecule has 2 saturated heterocycles. The van der Waals surface area contributed by atoms with Gasteiger partial charge in [-0.05, 0) is 49.6 Å². The van der Waals surface area contributed by atoms with Gasteiger partial charge in [-0.3, -0.25) is 18.1 Å². The van der Waals surface area contributed by atoms with Gasteiger partial charge in [-0.1, -0.05) is 72.8 Å². The summed E-state index contributed by atoms with van der Waals surface area (Å²) in [6, 6.07) is 27.2. The minimum atomic E-state index is -4.25. The van der Waals surface area contributed by atoms with Crippen molar-refractivity contribution in [3.05, 3.63) is 108 Å². The standard InChI is InChI=1S/C35H36F2N5O7P/c1-5-45-29-27-28(42(22-38-27)31-33(3,36)30-34(37,48-31)21-47-50(43,49-30)46-6-2)39-32(40-29)41-35(23-13-9-7-10-14-23,24-15-11-8-12-16-24)25-17-19-26(44-4)20-18-25/h7-20,22,30-31H,5-6,21H2,1-4H3,(H,39,40,41)/t30-,31+,33+,34+,50?/m0/s1. The normalized spacial score (nSPS) is 26.4. The molecule has 1 unspecified atom stereocenters. The summed E-state index contributed by atoms with van der Waals surface area (Å²) in [7, 11) is -2.65. The Kier molecular flexibility index (Phi) is 8.85. The van der Waals surface area contributed by atoms with Gasteiger partial charge in [-0.15, -0.1) is 0 Å². The number of alkyl halides is 2. The minimum Gasteiger partial charge on any atom is -0.497 e. The lowest BCUT2D eigenvalue weighted by Crippen LogP contribution is -2.50. The number of hydrogen-bond acceptors (Lipinski definition) is 11. The van der Waals surface area contributed by atoms with E-state index in [4.69, 9.17) is 37.7 Å². The highest BCUT2D eigenvalue weighted by Crippen LogP contribution is 2.63. The first-order chi connectivity index (χ1) is 24.1. The van der Waals surface area contributed by atoms with Crippen LogP contribution in [0.2, 0.25) is 0 Å². The molecule has 1 N–H and O–H groups in total. The number of halogens is 2. The van der Waals surface area contributed by atoms with E-state index < -0.39 is 43.8 Å². The summed E-state index contributed by atoms with van der Waals surface area (Å²) in [4.78, 5) is 14.0. The zero-order valence-corrected chi connectivity index (χ0v) is 28.7. The van der Waals surface area contributed by atoms with Gasteiger partial charge in [0.05, 0.1) is 26.7 Å². The third kappa shape index (κ3) is 5.70. The molecule has 15 heteroatoms. The van der Waals surface area contributed by atoms with Gasteiger partial charge >= 0.3 is 7.82 Å². The van der Waals surface area contributed by atoms with E-state index in [-0.39, 0.29) is 36.2 Å². The lowest BCUT2D eigenvalue weighted by atomic mass is 9.77. The molecular weight excluding hydrogens is 671 g/mol. The Labute approximate surface area is 287 Å². The van der Waals surface area contributed by atoms with Crippen molar-refractivity contribution < 1.29 is 41.1 Å². The molecular formula is C35H36F2N5O7P. The monoisotopic (exact) mass is 707 g/mol. The number of anilines is 1. The van der Waals surface area contributed by atoms with Crippen LogP contribution in [0.4, 0.5) is 14.7 Å². The fourth-order valence-corrected chi connectivity index (χ4v) is 8.01. The van der Waals surface area contributed by atoms with Crippen molar-refractivity contribution >= 4 is 24.9 Å². The molecule has 3 aromatic carbocycles. The third-order valence-corrected chi connectivity index (χ3v) is 10.3. The molecule has 0 radical (unpaired) electrons. The maximum atomic E-state index is 16.8. The number of imidazole rings is 1. The Morgan fingerprint density at radius 2 is 1.60 bits per heavy atom. The van der Waals surface area contributed by atoms with Crippen LogP contribution in [0.25, 0.3) is 11.2 Å². The van der Waals surface area contributed by atoms with Crippen molar-refractivity contribution in [2.45, 2.75) is 50.2 Å². The summed E-state index contributed by atoms with van der Waals surface area (Å²) in [5.74, 6) is -1.92. The molecule has 5 aromatic rings. The van der Waals surface area contributed by atoms with Gasteiger partial charge in [0.25, 0.3) is 5.85 Å². The van der Waals surface area contributed by atoms with Crippen LogP contribution in [0.3, 0.4) is 0 Å². The molecule has 2 aliphatic heterocycles. The third-order valence-electron chi connectivity index (χ3n) is 8.79. The molecule has 5 atom stereocenters. The van der Waals surface area contributed by atoms with E-state index in [9.17, 15) is 4.57 Å². The fraction of sp³-hybridized carbons (Fsp3) is 0.343. The number of rotatable bonds is 11. The summed E-state index contributed by atoms with van der Waals surface area (Å²) in [6.45, 7) is 3.75. The maximum Gasteiger partial charge on any atom is 0.475 e. The van der Waals surface area contributed by atoms with Crippen molar-refractivity contribution in [2.75, 3.05) is 32.2 Å². The highest BCUT2D eigenvalue weighted by Gasteiger charge is 2.70. The number of aromatic nitrogens is 4. The predicted molar refractivity (Wildman–Crippen MR) is 179 cm³/mol. The fourth-order valence-electron chi connectivity index (χ4n) is 6.54. The maximum absolute atomic E-state index is 16.8. The summed E-state index contributed by atoms with van der Waals surface area (Å²) in [5, 5.41) is 3.59. The smallest absolute Gasteiger partial charge is 0.475 e. The molecule has 2 aromatic heterocycles. The highest BCUT2D eigenvalue weighted by molar-refractivity contribution is 7.48. The van der Waals surface area contributed by atoms with Crippen LogP contribution in [0, 0.1) is 0 Å². The van der Waals surface area contributed by atoms with Gasteiger partial charge in [0.2, 0.25) is 11.8 Å². The molecule has 0 aliphatic carbocycles. The second kappa shape index (κ2) is 13.0. The van der Waals surface area contributed by atoms with E-state index in [0.717, 1.165) is 23.6 Å². The zero-order chi connectivity index (χ0) is 35.1. The van der Waals surface area contributed by atoms with Crippen LogP contribution < -0.4 is 14.8 Å². The van der Waals surface area contributed by atoms with E-state index in [1.165, 1.54) is 10.9 Å². The van der Waals surface area contributed by atoms with Gasteiger partial charge in [0.1, 0.15) is 17.9 Å². The number of phosphoric acid groups is 1. The second-order valence-corrected chi connectivity index (χ2v) is 13.6. The lowest BCUT2D eigenvalue weighted by molar-refractivity contribution is -0.219. The van der Waals surface area contributed by atoms with E-state index in [1.54, 1.807) is 21.0 Å². The first-order valence-electron chi connectivity index (χ1n) is 16.1. The van der Waals surface area contributed by atoms with E-state index >= 15 is 8.78 Å². The molecule has 0 saturated carbocycles. The number of nitrogens with one attached hydrogen (secondary N) is 1. The van der Waals surface area contributed by atoms with Crippen molar-refractivity contribution in [2.24, 2.45) is 0 Å². The highest BCUT2D eigenvalue weighted by atomic mass is 31.2. The van der Waals surface area contributed by atoms with Crippen LogP contribution in [0.1, 0.15) is 43.7 Å².